The van der Waals surface area contributed by atoms with Gasteiger partial charge in [0.1, 0.15) is 5.82 Å². The van der Waals surface area contributed by atoms with Crippen LogP contribution in [0.2, 0.25) is 0 Å². The highest BCUT2D eigenvalue weighted by Gasteiger charge is 2.15. The molecule has 1 aliphatic rings. The summed E-state index contributed by atoms with van der Waals surface area (Å²) in [4.78, 5) is 2.12. The fourth-order valence-corrected chi connectivity index (χ4v) is 1.35. The van der Waals surface area contributed by atoms with E-state index in [1.165, 1.54) is 0 Å². The van der Waals surface area contributed by atoms with Gasteiger partial charge in [-0.15, -0.1) is 0 Å². The van der Waals surface area contributed by atoms with Crippen LogP contribution in [0.5, 0.6) is 0 Å². The predicted molar refractivity (Wildman–Crippen MR) is 37.1 cm³/mol. The maximum Gasteiger partial charge on any atom is 0.107 e. The molecule has 0 atom stereocenters. The minimum Gasteiger partial charge on any atom is -0.350 e. The van der Waals surface area contributed by atoms with E-state index < -0.39 is 0 Å². The van der Waals surface area contributed by atoms with Crippen molar-refractivity contribution in [1.29, 1.82) is 0 Å². The van der Waals surface area contributed by atoms with E-state index in [2.05, 4.69) is 15.8 Å². The fourth-order valence-electron chi connectivity index (χ4n) is 0.563. The summed E-state index contributed by atoms with van der Waals surface area (Å²) in [5.74, 6) is 2.13. The third kappa shape index (κ3) is 0.777. The van der Waals surface area contributed by atoms with Crippen LogP contribution in [0, 0.1) is 0 Å². The summed E-state index contributed by atoms with van der Waals surface area (Å²) < 4.78 is 2.07. The number of rotatable bonds is 0. The Labute approximate surface area is 54.3 Å². The molecule has 1 aliphatic heterocycles. The van der Waals surface area contributed by atoms with Crippen LogP contribution in [0.25, 0.3) is 0 Å². The third-order valence-electron chi connectivity index (χ3n) is 1.25. The standard InChI is InChI=1S/C5H10N2S/c1-5-6(2)4-8-7(5)3/h1,4H2,2-3H3. The van der Waals surface area contributed by atoms with E-state index in [9.17, 15) is 0 Å². The van der Waals surface area contributed by atoms with Gasteiger partial charge in [0.25, 0.3) is 0 Å². The van der Waals surface area contributed by atoms with E-state index in [1.54, 1.807) is 11.9 Å². The molecule has 46 valence electrons. The second kappa shape index (κ2) is 1.90. The maximum atomic E-state index is 3.85. The van der Waals surface area contributed by atoms with Crippen molar-refractivity contribution in [1.82, 2.24) is 9.21 Å². The topological polar surface area (TPSA) is 6.48 Å². The molecule has 2 nitrogen and oxygen atoms in total. The lowest BCUT2D eigenvalue weighted by atomic mass is 10.7. The van der Waals surface area contributed by atoms with E-state index in [4.69, 9.17) is 0 Å². The first-order valence-electron chi connectivity index (χ1n) is 2.48. The zero-order valence-electron chi connectivity index (χ0n) is 5.22. The first-order chi connectivity index (χ1) is 3.72. The van der Waals surface area contributed by atoms with Gasteiger partial charge < -0.3 is 9.21 Å². The van der Waals surface area contributed by atoms with Crippen LogP contribution in [0.1, 0.15) is 0 Å². The zero-order valence-corrected chi connectivity index (χ0v) is 6.03. The van der Waals surface area contributed by atoms with Crippen LogP contribution in [-0.4, -0.2) is 29.2 Å². The Balaban J connectivity index is 2.57. The van der Waals surface area contributed by atoms with E-state index in [0.29, 0.717) is 0 Å². The first-order valence-corrected chi connectivity index (χ1v) is 3.43. The molecule has 8 heavy (non-hydrogen) atoms. The van der Waals surface area contributed by atoms with Gasteiger partial charge in [0, 0.05) is 14.1 Å². The summed E-state index contributed by atoms with van der Waals surface area (Å²) in [5.41, 5.74) is 0. The minimum atomic E-state index is 1.04. The lowest BCUT2D eigenvalue weighted by Crippen LogP contribution is -2.13. The molecule has 0 aromatic carbocycles. The van der Waals surface area contributed by atoms with Crippen molar-refractivity contribution < 1.29 is 0 Å². The molecule has 0 bridgehead atoms. The summed E-state index contributed by atoms with van der Waals surface area (Å²) in [6, 6.07) is 0. The summed E-state index contributed by atoms with van der Waals surface area (Å²) >= 11 is 1.77. The van der Waals surface area contributed by atoms with Crippen molar-refractivity contribution in [3.63, 3.8) is 0 Å². The normalized spacial score (nSPS) is 20.5. The molecular weight excluding hydrogens is 120 g/mol. The first kappa shape index (κ1) is 5.82. The lowest BCUT2D eigenvalue weighted by molar-refractivity contribution is 0.440. The van der Waals surface area contributed by atoms with E-state index in [-0.39, 0.29) is 0 Å². The Morgan fingerprint density at radius 3 is 2.38 bits per heavy atom. The molecule has 0 aromatic rings. The van der Waals surface area contributed by atoms with E-state index in [1.807, 2.05) is 14.1 Å². The van der Waals surface area contributed by atoms with Gasteiger partial charge >= 0.3 is 0 Å². The highest BCUT2D eigenvalue weighted by atomic mass is 32.2. The quantitative estimate of drug-likeness (QED) is 0.451. The third-order valence-corrected chi connectivity index (χ3v) is 2.35. The Morgan fingerprint density at radius 2 is 2.25 bits per heavy atom. The van der Waals surface area contributed by atoms with Crippen LogP contribution in [-0.2, 0) is 0 Å². The maximum absolute atomic E-state index is 3.85. The molecule has 1 heterocycles. The molecule has 0 aromatic heterocycles. The Hall–Kier alpha value is -0.310. The lowest BCUT2D eigenvalue weighted by Gasteiger charge is -2.12. The van der Waals surface area contributed by atoms with Gasteiger partial charge in [-0.1, -0.05) is 6.58 Å². The molecule has 1 saturated heterocycles. The zero-order chi connectivity index (χ0) is 6.15. The van der Waals surface area contributed by atoms with Crippen LogP contribution < -0.4 is 0 Å². The molecule has 1 fully saturated rings. The van der Waals surface area contributed by atoms with Crippen LogP contribution in [0.15, 0.2) is 12.4 Å². The van der Waals surface area contributed by atoms with Crippen LogP contribution in [0.4, 0.5) is 0 Å². The Bertz CT molecular complexity index is 101. The molecule has 3 heteroatoms. The van der Waals surface area contributed by atoms with Crippen molar-refractivity contribution in [3.05, 3.63) is 12.4 Å². The molecular formula is C5H10N2S. The highest BCUT2D eigenvalue weighted by Crippen LogP contribution is 2.24. The molecule has 0 saturated carbocycles. The van der Waals surface area contributed by atoms with Crippen molar-refractivity contribution in [3.8, 4) is 0 Å². The van der Waals surface area contributed by atoms with Gasteiger partial charge in [-0.05, 0) is 11.9 Å². The number of hydrogen-bond acceptors (Lipinski definition) is 3. The monoisotopic (exact) mass is 130 g/mol. The van der Waals surface area contributed by atoms with Crippen molar-refractivity contribution in [2.75, 3.05) is 20.0 Å². The van der Waals surface area contributed by atoms with Crippen LogP contribution in [0.3, 0.4) is 0 Å². The van der Waals surface area contributed by atoms with Gasteiger partial charge in [0.2, 0.25) is 0 Å². The summed E-state index contributed by atoms with van der Waals surface area (Å²) in [6.45, 7) is 3.85. The SMILES string of the molecule is C=C1N(C)CSN1C. The van der Waals surface area contributed by atoms with E-state index in [0.717, 1.165) is 11.7 Å². The number of nitrogens with zero attached hydrogens (tertiary/aromatic N) is 2. The summed E-state index contributed by atoms with van der Waals surface area (Å²) in [7, 11) is 4.06. The van der Waals surface area contributed by atoms with Gasteiger partial charge in [-0.25, -0.2) is 0 Å². The molecule has 0 unspecified atom stereocenters. The molecule has 0 spiro atoms. The Kier molecular flexibility index (Phi) is 1.38. The van der Waals surface area contributed by atoms with Gasteiger partial charge in [-0.3, -0.25) is 0 Å². The average Bonchev–Trinajstić information content (AvgIpc) is 1.98. The highest BCUT2D eigenvalue weighted by molar-refractivity contribution is 7.97. The average molecular weight is 130 g/mol. The summed E-state index contributed by atoms with van der Waals surface area (Å²) in [6.07, 6.45) is 0. The van der Waals surface area contributed by atoms with Gasteiger partial charge in [-0.2, -0.15) is 0 Å². The molecule has 0 N–H and O–H groups in total. The van der Waals surface area contributed by atoms with Gasteiger partial charge in [0.15, 0.2) is 0 Å². The molecule has 0 radical (unpaired) electrons. The van der Waals surface area contributed by atoms with E-state index >= 15 is 0 Å². The fraction of sp³-hybridized carbons (Fsp3) is 0.600. The largest absolute Gasteiger partial charge is 0.350 e. The van der Waals surface area contributed by atoms with Gasteiger partial charge in [0.05, 0.1) is 5.88 Å². The smallest absolute Gasteiger partial charge is 0.107 e. The second-order valence-electron chi connectivity index (χ2n) is 1.87. The number of hydrogen-bond donors (Lipinski definition) is 0. The van der Waals surface area contributed by atoms with Crippen LogP contribution >= 0.6 is 11.9 Å². The van der Waals surface area contributed by atoms with Crippen molar-refractivity contribution in [2.45, 2.75) is 0 Å². The van der Waals surface area contributed by atoms with Crippen molar-refractivity contribution in [2.24, 2.45) is 0 Å². The summed E-state index contributed by atoms with van der Waals surface area (Å²) in [5, 5.41) is 0. The molecule has 1 rings (SSSR count). The predicted octanol–water partition coefficient (Wildman–Crippen LogP) is 0.941. The Morgan fingerprint density at radius 1 is 1.62 bits per heavy atom. The molecule has 0 amide bonds. The minimum absolute atomic E-state index is 1.04. The molecule has 0 aliphatic carbocycles. The second-order valence-corrected chi connectivity index (χ2v) is 2.93. The van der Waals surface area contributed by atoms with Crippen molar-refractivity contribution >= 4 is 11.9 Å².